The van der Waals surface area contributed by atoms with E-state index in [2.05, 4.69) is 46.5 Å². The standard InChI is InChI=1S/C29H34F3N3S2/c1-3-5-7-9-11-20-14-16-36-28(20)25-18-21(12-10-8-6-4-2)27(37-25)22-13-15-33-23(17-22)24-19-26(35-34-24)29(30,31)32/h13-19H,3-12H2,1-2H3,(H,34,35). The van der Waals surface area contributed by atoms with Crippen LogP contribution in [0, 0.1) is 0 Å². The van der Waals surface area contributed by atoms with E-state index >= 15 is 0 Å². The predicted molar refractivity (Wildman–Crippen MR) is 149 cm³/mol. The summed E-state index contributed by atoms with van der Waals surface area (Å²) in [5, 5.41) is 8.16. The highest BCUT2D eigenvalue weighted by Gasteiger charge is 2.33. The molecule has 0 saturated carbocycles. The maximum absolute atomic E-state index is 13.1. The van der Waals surface area contributed by atoms with Gasteiger partial charge in [0.1, 0.15) is 11.4 Å². The maximum Gasteiger partial charge on any atom is 0.432 e. The Kier molecular flexibility index (Phi) is 9.60. The number of hydrogen-bond acceptors (Lipinski definition) is 4. The minimum Gasteiger partial charge on any atom is -0.273 e. The summed E-state index contributed by atoms with van der Waals surface area (Å²) in [6.07, 6.45) is 8.97. The molecule has 37 heavy (non-hydrogen) atoms. The van der Waals surface area contributed by atoms with Crippen molar-refractivity contribution in [3.63, 3.8) is 0 Å². The first kappa shape index (κ1) is 27.6. The van der Waals surface area contributed by atoms with Crippen LogP contribution in [-0.4, -0.2) is 15.2 Å². The average molecular weight is 546 g/mol. The molecule has 0 aliphatic heterocycles. The minimum atomic E-state index is -4.47. The Morgan fingerprint density at radius 1 is 0.811 bits per heavy atom. The van der Waals surface area contributed by atoms with E-state index in [1.807, 2.05) is 12.1 Å². The van der Waals surface area contributed by atoms with Crippen LogP contribution in [0.4, 0.5) is 13.2 Å². The van der Waals surface area contributed by atoms with Crippen molar-refractivity contribution in [3.05, 3.63) is 58.7 Å². The summed E-state index contributed by atoms with van der Waals surface area (Å²) in [5.41, 5.74) is 3.46. The lowest BCUT2D eigenvalue weighted by molar-refractivity contribution is -0.141. The van der Waals surface area contributed by atoms with E-state index in [-0.39, 0.29) is 5.69 Å². The highest BCUT2D eigenvalue weighted by atomic mass is 32.1. The smallest absolute Gasteiger partial charge is 0.273 e. The fourth-order valence-electron chi connectivity index (χ4n) is 4.51. The molecular weight excluding hydrogens is 511 g/mol. The maximum atomic E-state index is 13.1. The number of pyridine rings is 1. The molecule has 0 radical (unpaired) electrons. The van der Waals surface area contributed by atoms with Gasteiger partial charge in [0.15, 0.2) is 0 Å². The van der Waals surface area contributed by atoms with Gasteiger partial charge in [0, 0.05) is 20.8 Å². The Hall–Kier alpha value is -2.45. The molecule has 0 spiro atoms. The molecule has 0 aromatic carbocycles. The Bertz CT molecular complexity index is 1270. The van der Waals surface area contributed by atoms with Crippen molar-refractivity contribution in [1.29, 1.82) is 0 Å². The molecule has 0 aliphatic rings. The number of rotatable bonds is 13. The second-order valence-electron chi connectivity index (χ2n) is 9.46. The van der Waals surface area contributed by atoms with Gasteiger partial charge >= 0.3 is 6.18 Å². The molecule has 0 saturated heterocycles. The second-order valence-corrected chi connectivity index (χ2v) is 11.4. The molecule has 0 bridgehead atoms. The van der Waals surface area contributed by atoms with E-state index in [0.717, 1.165) is 30.9 Å². The Morgan fingerprint density at radius 3 is 2.22 bits per heavy atom. The van der Waals surface area contributed by atoms with Gasteiger partial charge in [-0.1, -0.05) is 52.4 Å². The molecule has 0 amide bonds. The molecule has 4 rings (SSSR count). The first-order chi connectivity index (χ1) is 17.9. The van der Waals surface area contributed by atoms with Crippen LogP contribution < -0.4 is 0 Å². The molecule has 4 aromatic heterocycles. The quantitative estimate of drug-likeness (QED) is 0.170. The first-order valence-corrected chi connectivity index (χ1v) is 14.9. The Labute approximate surface area is 225 Å². The van der Waals surface area contributed by atoms with Crippen molar-refractivity contribution in [2.45, 2.75) is 84.2 Å². The molecular formula is C29H34F3N3S2. The van der Waals surface area contributed by atoms with Crippen LogP contribution in [0.1, 0.15) is 82.0 Å². The summed E-state index contributed by atoms with van der Waals surface area (Å²) in [4.78, 5) is 8.12. The van der Waals surface area contributed by atoms with E-state index in [1.165, 1.54) is 70.7 Å². The van der Waals surface area contributed by atoms with E-state index in [4.69, 9.17) is 0 Å². The molecule has 0 fully saturated rings. The molecule has 4 heterocycles. The molecule has 3 nitrogen and oxygen atoms in total. The number of nitrogens with zero attached hydrogens (tertiary/aromatic N) is 2. The van der Waals surface area contributed by atoms with Crippen LogP contribution in [0.25, 0.3) is 31.6 Å². The monoisotopic (exact) mass is 545 g/mol. The highest BCUT2D eigenvalue weighted by molar-refractivity contribution is 7.23. The summed E-state index contributed by atoms with van der Waals surface area (Å²) in [6, 6.07) is 9.43. The van der Waals surface area contributed by atoms with Crippen molar-refractivity contribution in [2.24, 2.45) is 0 Å². The number of alkyl halides is 3. The van der Waals surface area contributed by atoms with Gasteiger partial charge in [-0.15, -0.1) is 22.7 Å². The number of aryl methyl sites for hydroxylation is 2. The number of hydrogen-bond donors (Lipinski definition) is 1. The fourth-order valence-corrected chi connectivity index (χ4v) is 6.83. The molecule has 1 N–H and O–H groups in total. The zero-order valence-corrected chi connectivity index (χ0v) is 23.1. The van der Waals surface area contributed by atoms with Crippen molar-refractivity contribution < 1.29 is 13.2 Å². The minimum absolute atomic E-state index is 0.197. The van der Waals surface area contributed by atoms with Gasteiger partial charge in [0.05, 0.1) is 5.69 Å². The Balaban J connectivity index is 1.65. The van der Waals surface area contributed by atoms with Gasteiger partial charge in [-0.3, -0.25) is 10.1 Å². The fraction of sp³-hybridized carbons (Fsp3) is 0.448. The number of aromatic nitrogens is 3. The van der Waals surface area contributed by atoms with Crippen LogP contribution in [-0.2, 0) is 19.0 Å². The molecule has 0 aliphatic carbocycles. The number of halogens is 3. The lowest BCUT2D eigenvalue weighted by Crippen LogP contribution is -2.04. The van der Waals surface area contributed by atoms with Crippen molar-refractivity contribution in [3.8, 4) is 31.6 Å². The highest BCUT2D eigenvalue weighted by Crippen LogP contribution is 2.43. The third kappa shape index (κ3) is 7.11. The number of thiophene rings is 2. The predicted octanol–water partition coefficient (Wildman–Crippen LogP) is 10.2. The topological polar surface area (TPSA) is 41.6 Å². The average Bonchev–Trinajstić information content (AvgIpc) is 3.64. The van der Waals surface area contributed by atoms with Gasteiger partial charge < -0.3 is 0 Å². The van der Waals surface area contributed by atoms with Crippen LogP contribution in [0.5, 0.6) is 0 Å². The van der Waals surface area contributed by atoms with Crippen molar-refractivity contribution in [1.82, 2.24) is 15.2 Å². The SMILES string of the molecule is CCCCCCc1cc(-c2sccc2CCCCCC)sc1-c1ccnc(-c2cc(C(F)(F)F)[nH]n2)c1. The summed E-state index contributed by atoms with van der Waals surface area (Å²) in [6.45, 7) is 4.45. The zero-order chi connectivity index (χ0) is 26.3. The number of aromatic amines is 1. The van der Waals surface area contributed by atoms with E-state index < -0.39 is 11.9 Å². The van der Waals surface area contributed by atoms with Crippen molar-refractivity contribution in [2.75, 3.05) is 0 Å². The molecule has 198 valence electrons. The van der Waals surface area contributed by atoms with Crippen molar-refractivity contribution >= 4 is 22.7 Å². The van der Waals surface area contributed by atoms with Gasteiger partial charge in [-0.25, -0.2) is 0 Å². The van der Waals surface area contributed by atoms with Crippen LogP contribution >= 0.6 is 22.7 Å². The summed E-state index contributed by atoms with van der Waals surface area (Å²) < 4.78 is 39.3. The molecule has 8 heteroatoms. The van der Waals surface area contributed by atoms with Gasteiger partial charge in [-0.05, 0) is 78.1 Å². The van der Waals surface area contributed by atoms with Gasteiger partial charge in [-0.2, -0.15) is 18.3 Å². The summed E-state index contributed by atoms with van der Waals surface area (Å²) in [5.74, 6) is 0. The van der Waals surface area contributed by atoms with Crippen LogP contribution in [0.3, 0.4) is 0 Å². The lowest BCUT2D eigenvalue weighted by atomic mass is 10.0. The zero-order valence-electron chi connectivity index (χ0n) is 21.5. The number of H-pyrrole nitrogens is 1. The van der Waals surface area contributed by atoms with E-state index in [9.17, 15) is 13.2 Å². The van der Waals surface area contributed by atoms with Gasteiger partial charge in [0.25, 0.3) is 0 Å². The first-order valence-electron chi connectivity index (χ1n) is 13.2. The molecule has 0 atom stereocenters. The third-order valence-corrected chi connectivity index (χ3v) is 8.91. The normalized spacial score (nSPS) is 11.9. The summed E-state index contributed by atoms with van der Waals surface area (Å²) >= 11 is 3.58. The molecule has 4 aromatic rings. The number of unbranched alkanes of at least 4 members (excludes halogenated alkanes) is 6. The van der Waals surface area contributed by atoms with Crippen LogP contribution in [0.15, 0.2) is 41.9 Å². The lowest BCUT2D eigenvalue weighted by Gasteiger charge is -2.05. The number of nitrogens with one attached hydrogen (secondary N) is 1. The largest absolute Gasteiger partial charge is 0.432 e. The van der Waals surface area contributed by atoms with Gasteiger partial charge in [0.2, 0.25) is 0 Å². The Morgan fingerprint density at radius 2 is 1.54 bits per heavy atom. The molecule has 0 unspecified atom stereocenters. The van der Waals surface area contributed by atoms with E-state index in [0.29, 0.717) is 5.69 Å². The summed E-state index contributed by atoms with van der Waals surface area (Å²) in [7, 11) is 0. The second kappa shape index (κ2) is 12.9. The van der Waals surface area contributed by atoms with E-state index in [1.54, 1.807) is 28.9 Å². The third-order valence-electron chi connectivity index (χ3n) is 6.55. The van der Waals surface area contributed by atoms with Crippen LogP contribution in [0.2, 0.25) is 0 Å².